The lowest BCUT2D eigenvalue weighted by Gasteiger charge is -2.18. The van der Waals surface area contributed by atoms with Gasteiger partial charge < -0.3 is 9.94 Å². The molecule has 3 aromatic heterocycles. The van der Waals surface area contributed by atoms with Gasteiger partial charge in [0.1, 0.15) is 18.2 Å². The van der Waals surface area contributed by atoms with Crippen molar-refractivity contribution in [2.24, 2.45) is 0 Å². The number of benzene rings is 2. The summed E-state index contributed by atoms with van der Waals surface area (Å²) < 4.78 is 62.5. The molecule has 1 unspecified atom stereocenters. The Labute approximate surface area is 233 Å². The van der Waals surface area contributed by atoms with E-state index in [1.165, 1.54) is 70.5 Å². The van der Waals surface area contributed by atoms with Crippen LogP contribution in [0.25, 0.3) is 27.9 Å². The van der Waals surface area contributed by atoms with Gasteiger partial charge in [0.25, 0.3) is 0 Å². The zero-order chi connectivity index (χ0) is 28.4. The van der Waals surface area contributed by atoms with Gasteiger partial charge in [-0.05, 0) is 40.8 Å². The second-order valence-corrected chi connectivity index (χ2v) is 9.23. The van der Waals surface area contributed by atoms with Crippen LogP contribution in [0, 0.1) is 16.8 Å². The van der Waals surface area contributed by atoms with Crippen LogP contribution in [0.4, 0.5) is 17.6 Å². The number of rotatable bonds is 9. The maximum absolute atomic E-state index is 15.2. The number of ether oxygens (including phenoxy) is 1. The van der Waals surface area contributed by atoms with Crippen molar-refractivity contribution in [1.29, 1.82) is 0 Å². The molecular formula is C25H17Cl2F4N7O2. The fourth-order valence-corrected chi connectivity index (χ4v) is 4.70. The van der Waals surface area contributed by atoms with E-state index in [-0.39, 0.29) is 44.5 Å². The lowest BCUT2D eigenvalue weighted by atomic mass is 10.0. The second kappa shape index (κ2) is 11.6. The highest BCUT2D eigenvalue weighted by Crippen LogP contribution is 2.34. The summed E-state index contributed by atoms with van der Waals surface area (Å²) in [5.74, 6) is -1.39. The van der Waals surface area contributed by atoms with E-state index in [4.69, 9.17) is 23.2 Å². The van der Waals surface area contributed by atoms with Crippen molar-refractivity contribution in [3.63, 3.8) is 0 Å². The number of tetrazole rings is 1. The third kappa shape index (κ3) is 5.48. The Morgan fingerprint density at radius 1 is 1.00 bits per heavy atom. The highest BCUT2D eigenvalue weighted by molar-refractivity contribution is 6.33. The predicted molar refractivity (Wildman–Crippen MR) is 136 cm³/mol. The molecule has 0 N–H and O–H groups in total. The van der Waals surface area contributed by atoms with Crippen LogP contribution >= 0.6 is 23.2 Å². The van der Waals surface area contributed by atoms with Crippen molar-refractivity contribution in [2.75, 3.05) is 6.61 Å². The molecule has 0 bridgehead atoms. The molecule has 0 amide bonds. The molecule has 5 aromatic rings. The molecule has 3 heterocycles. The molecule has 15 heteroatoms. The lowest BCUT2D eigenvalue weighted by Crippen LogP contribution is -2.36. The summed E-state index contributed by atoms with van der Waals surface area (Å²) in [5.41, 5.74) is 0.802. The van der Waals surface area contributed by atoms with Crippen molar-refractivity contribution in [2.45, 2.75) is 19.1 Å². The average Bonchev–Trinajstić information content (AvgIpc) is 3.61. The summed E-state index contributed by atoms with van der Waals surface area (Å²) in [7, 11) is 0. The first-order chi connectivity index (χ1) is 19.2. The molecule has 0 aliphatic carbocycles. The predicted octanol–water partition coefficient (Wildman–Crippen LogP) is 5.63. The highest BCUT2D eigenvalue weighted by Gasteiger charge is 2.27. The van der Waals surface area contributed by atoms with Crippen molar-refractivity contribution in [1.82, 2.24) is 30.0 Å². The summed E-state index contributed by atoms with van der Waals surface area (Å²) >= 11 is 12.2. The standard InChI is InChI=1S/C25H17Cl2F4N7O2/c26-16-2-1-3-18(28)22(16)15-10-33-36(11-15)19(8-9-40-25(30)31)20-6-4-14(12-38(20)39)23-21(37-13-32-34-35-37)7-5-17(27)24(23)29/h1-7,10-13,19,25H,8-9H2. The second-order valence-electron chi connectivity index (χ2n) is 8.42. The Kier molecular flexibility index (Phi) is 7.96. The topological polar surface area (TPSA) is 97.6 Å². The van der Waals surface area contributed by atoms with Crippen molar-refractivity contribution in [3.05, 3.63) is 100.0 Å². The van der Waals surface area contributed by atoms with Gasteiger partial charge in [0.15, 0.2) is 12.0 Å². The van der Waals surface area contributed by atoms with Crippen LogP contribution in [-0.2, 0) is 4.74 Å². The number of alkyl halides is 2. The van der Waals surface area contributed by atoms with Crippen LogP contribution < -0.4 is 4.73 Å². The number of aromatic nitrogens is 7. The smallest absolute Gasteiger partial charge is 0.345 e. The van der Waals surface area contributed by atoms with E-state index in [0.29, 0.717) is 10.3 Å². The molecule has 0 fully saturated rings. The van der Waals surface area contributed by atoms with E-state index in [2.05, 4.69) is 25.4 Å². The third-order valence-electron chi connectivity index (χ3n) is 6.05. The summed E-state index contributed by atoms with van der Waals surface area (Å²) in [6.07, 6.45) is 5.05. The van der Waals surface area contributed by atoms with Gasteiger partial charge in [-0.2, -0.15) is 23.3 Å². The van der Waals surface area contributed by atoms with E-state index >= 15 is 4.39 Å². The van der Waals surface area contributed by atoms with E-state index in [9.17, 15) is 18.4 Å². The van der Waals surface area contributed by atoms with Crippen molar-refractivity contribution >= 4 is 23.2 Å². The number of hydrogen-bond donors (Lipinski definition) is 0. The molecule has 0 aliphatic rings. The van der Waals surface area contributed by atoms with Gasteiger partial charge in [-0.3, -0.25) is 4.68 Å². The molecule has 1 atom stereocenters. The number of pyridine rings is 1. The summed E-state index contributed by atoms with van der Waals surface area (Å²) in [4.78, 5) is 0. The van der Waals surface area contributed by atoms with Gasteiger partial charge in [-0.25, -0.2) is 8.78 Å². The zero-order valence-electron chi connectivity index (χ0n) is 20.1. The minimum absolute atomic E-state index is 0.0379. The first-order valence-corrected chi connectivity index (χ1v) is 12.3. The molecule has 0 radical (unpaired) electrons. The van der Waals surface area contributed by atoms with Crippen LogP contribution in [0.1, 0.15) is 18.2 Å². The van der Waals surface area contributed by atoms with Gasteiger partial charge in [-0.1, -0.05) is 29.3 Å². The molecule has 0 spiro atoms. The Hall–Kier alpha value is -4.07. The maximum Gasteiger partial charge on any atom is 0.345 e. The minimum atomic E-state index is -3.02. The zero-order valence-corrected chi connectivity index (χ0v) is 21.6. The largest absolute Gasteiger partial charge is 0.618 e. The fourth-order valence-electron chi connectivity index (χ4n) is 4.27. The third-order valence-corrected chi connectivity index (χ3v) is 6.66. The average molecular weight is 594 g/mol. The van der Waals surface area contributed by atoms with Crippen molar-refractivity contribution < 1.29 is 27.0 Å². The number of halogens is 6. The fraction of sp³-hybridized carbons (Fsp3) is 0.160. The first-order valence-electron chi connectivity index (χ1n) is 11.6. The van der Waals surface area contributed by atoms with Crippen LogP contribution in [0.15, 0.2) is 67.4 Å². The van der Waals surface area contributed by atoms with E-state index in [0.717, 1.165) is 6.20 Å². The summed E-state index contributed by atoms with van der Waals surface area (Å²) in [6, 6.07) is 8.95. The van der Waals surface area contributed by atoms with Gasteiger partial charge >= 0.3 is 6.61 Å². The summed E-state index contributed by atoms with van der Waals surface area (Å²) in [6.45, 7) is -3.45. The first kappa shape index (κ1) is 27.5. The molecule has 2 aromatic carbocycles. The van der Waals surface area contributed by atoms with E-state index in [1.54, 1.807) is 0 Å². The maximum atomic E-state index is 15.2. The highest BCUT2D eigenvalue weighted by atomic mass is 35.5. The molecule has 0 aliphatic heterocycles. The SMILES string of the molecule is [O-][n+]1cc(-c2c(-n3cnnn3)ccc(Cl)c2F)ccc1C(CCOC(F)F)n1cc(-c2c(F)cccc2Cl)cn1. The van der Waals surface area contributed by atoms with E-state index in [1.807, 2.05) is 0 Å². The van der Waals surface area contributed by atoms with Crippen molar-refractivity contribution in [3.8, 4) is 27.9 Å². The summed E-state index contributed by atoms with van der Waals surface area (Å²) in [5, 5.41) is 28.4. The molecule has 0 saturated carbocycles. The molecular weight excluding hydrogens is 577 g/mol. The van der Waals surface area contributed by atoms with Gasteiger partial charge in [-0.15, -0.1) is 5.10 Å². The van der Waals surface area contributed by atoms with Crippen LogP contribution in [0.3, 0.4) is 0 Å². The number of nitrogens with zero attached hydrogens (tertiary/aromatic N) is 7. The van der Waals surface area contributed by atoms with Gasteiger partial charge in [0.05, 0.1) is 39.7 Å². The Balaban J connectivity index is 1.56. The van der Waals surface area contributed by atoms with Gasteiger partial charge in [0.2, 0.25) is 5.69 Å². The minimum Gasteiger partial charge on any atom is -0.618 e. The lowest BCUT2D eigenvalue weighted by molar-refractivity contribution is -0.615. The van der Waals surface area contributed by atoms with Gasteiger partial charge in [0, 0.05) is 29.8 Å². The Morgan fingerprint density at radius 3 is 2.52 bits per heavy atom. The molecule has 5 rings (SSSR count). The monoisotopic (exact) mass is 593 g/mol. The van der Waals surface area contributed by atoms with E-state index < -0.39 is 30.9 Å². The molecule has 40 heavy (non-hydrogen) atoms. The van der Waals surface area contributed by atoms with Crippen LogP contribution in [-0.4, -0.2) is 43.2 Å². The molecule has 206 valence electrons. The normalized spacial score (nSPS) is 12.3. The molecule has 0 saturated heterocycles. The number of hydrogen-bond acceptors (Lipinski definition) is 6. The Morgan fingerprint density at radius 2 is 1.82 bits per heavy atom. The van der Waals surface area contributed by atoms with Crippen LogP contribution in [0.2, 0.25) is 10.0 Å². The molecule has 9 nitrogen and oxygen atoms in total. The quantitative estimate of drug-likeness (QED) is 0.125. The Bertz CT molecular complexity index is 1630. The van der Waals surface area contributed by atoms with Crippen LogP contribution in [0.5, 0.6) is 0 Å².